The van der Waals surface area contributed by atoms with Gasteiger partial charge >= 0.3 is 154 Å². The van der Waals surface area contributed by atoms with Crippen molar-refractivity contribution in [2.24, 2.45) is 0 Å². The summed E-state index contributed by atoms with van der Waals surface area (Å²) in [5.41, 5.74) is 3.25. The van der Waals surface area contributed by atoms with E-state index in [-0.39, 0.29) is 0 Å². The van der Waals surface area contributed by atoms with Gasteiger partial charge in [0.25, 0.3) is 0 Å². The van der Waals surface area contributed by atoms with Crippen LogP contribution in [-0.2, 0) is 12.8 Å². The molecule has 0 aliphatic heterocycles. The topological polar surface area (TPSA) is 0 Å². The molecule has 0 atom stereocenters. The molecule has 0 amide bonds. The monoisotopic (exact) mass is 376 g/mol. The molecule has 0 heterocycles. The average Bonchev–Trinajstić information content (AvgIpc) is 2.56. The van der Waals surface area contributed by atoms with Gasteiger partial charge in [0.15, 0.2) is 0 Å². The van der Waals surface area contributed by atoms with E-state index < -0.39 is 0 Å². The molecule has 0 saturated heterocycles. The molecule has 2 radical (unpaired) electrons. The first-order chi connectivity index (χ1) is 11.3. The first-order valence-electron chi connectivity index (χ1n) is 10.1. The number of unbranched alkanes of at least 4 members (excludes halogenated alkanes) is 10. The maximum atomic E-state index is 2.80. The van der Waals surface area contributed by atoms with Crippen LogP contribution in [0, 0.1) is 0 Å². The van der Waals surface area contributed by atoms with E-state index in [1.807, 2.05) is 0 Å². The summed E-state index contributed by atoms with van der Waals surface area (Å²) in [5, 5.41) is 0. The molecule has 0 saturated carbocycles. The molecule has 0 aliphatic carbocycles. The zero-order chi connectivity index (χ0) is 16.8. The average molecular weight is 376 g/mol. The molecular weight excluding hydrogens is 339 g/mol. The van der Waals surface area contributed by atoms with Gasteiger partial charge in [-0.2, -0.15) is 0 Å². The van der Waals surface area contributed by atoms with Gasteiger partial charge < -0.3 is 0 Å². The zero-order valence-corrected chi connectivity index (χ0v) is 17.5. The minimum atomic E-state index is 1.28. The normalized spacial score (nSPS) is 11.1. The Balaban J connectivity index is 2.33. The fourth-order valence-electron chi connectivity index (χ4n) is 3.32. The number of benzene rings is 1. The van der Waals surface area contributed by atoms with Gasteiger partial charge in [-0.05, 0) is 0 Å². The Kier molecular flexibility index (Phi) is 12.8. The van der Waals surface area contributed by atoms with Crippen molar-refractivity contribution < 1.29 is 0 Å². The fourth-order valence-corrected chi connectivity index (χ4v) is 4.04. The van der Waals surface area contributed by atoms with Crippen molar-refractivity contribution in [2.45, 2.75) is 104 Å². The van der Waals surface area contributed by atoms with Gasteiger partial charge in [-0.15, -0.1) is 0 Å². The van der Waals surface area contributed by atoms with Crippen LogP contribution in [0.25, 0.3) is 0 Å². The molecule has 0 fully saturated rings. The molecule has 0 N–H and O–H groups in total. The quantitative estimate of drug-likeness (QED) is 0.264. The molecule has 1 rings (SSSR count). The Hall–Kier alpha value is -0.222. The van der Waals surface area contributed by atoms with Crippen molar-refractivity contribution in [3.63, 3.8) is 0 Å². The summed E-state index contributed by atoms with van der Waals surface area (Å²) in [6.45, 7) is 4.58. The second kappa shape index (κ2) is 14.1. The number of rotatable bonds is 14. The van der Waals surface area contributed by atoms with Crippen molar-refractivity contribution in [2.75, 3.05) is 0 Å². The Morgan fingerprint density at radius 2 is 1.17 bits per heavy atom. The van der Waals surface area contributed by atoms with Crippen molar-refractivity contribution in [3.05, 3.63) is 29.3 Å². The molecule has 0 spiro atoms. The van der Waals surface area contributed by atoms with E-state index in [0.29, 0.717) is 0 Å². The third-order valence-electron chi connectivity index (χ3n) is 4.83. The SMILES string of the molecule is CCCCCCCCc1cccc([As])c1CCCCCCCC. The number of hydrogen-bond acceptors (Lipinski definition) is 0. The fraction of sp³-hybridized carbons (Fsp3) is 0.727. The van der Waals surface area contributed by atoms with Gasteiger partial charge in [0.05, 0.1) is 0 Å². The summed E-state index contributed by atoms with van der Waals surface area (Å²) in [5.74, 6) is 0. The Bertz CT molecular complexity index is 397. The van der Waals surface area contributed by atoms with Crippen molar-refractivity contribution >= 4 is 21.2 Å². The summed E-state index contributed by atoms with van der Waals surface area (Å²) < 4.78 is 1.45. The van der Waals surface area contributed by atoms with E-state index >= 15 is 0 Å². The predicted molar refractivity (Wildman–Crippen MR) is 106 cm³/mol. The van der Waals surface area contributed by atoms with Crippen LogP contribution in [0.3, 0.4) is 0 Å². The predicted octanol–water partition coefficient (Wildman–Crippen LogP) is 6.29. The van der Waals surface area contributed by atoms with E-state index in [4.69, 9.17) is 0 Å². The second-order valence-electron chi connectivity index (χ2n) is 6.95. The van der Waals surface area contributed by atoms with Gasteiger partial charge in [0.1, 0.15) is 0 Å². The van der Waals surface area contributed by atoms with Crippen LogP contribution < -0.4 is 4.35 Å². The molecule has 1 aromatic carbocycles. The molecule has 1 aromatic rings. The van der Waals surface area contributed by atoms with Crippen LogP contribution in [0.5, 0.6) is 0 Å². The number of aryl methyl sites for hydroxylation is 1. The van der Waals surface area contributed by atoms with E-state index in [1.54, 1.807) is 11.1 Å². The van der Waals surface area contributed by atoms with Crippen LogP contribution in [-0.4, -0.2) is 16.9 Å². The van der Waals surface area contributed by atoms with Crippen LogP contribution in [0.2, 0.25) is 0 Å². The van der Waals surface area contributed by atoms with Crippen molar-refractivity contribution in [1.82, 2.24) is 0 Å². The minimum absolute atomic E-state index is 1.28. The Morgan fingerprint density at radius 3 is 1.78 bits per heavy atom. The third kappa shape index (κ3) is 9.61. The molecule has 0 aromatic heterocycles. The molecule has 1 heteroatoms. The van der Waals surface area contributed by atoms with E-state index in [0.717, 1.165) is 0 Å². The molecule has 130 valence electrons. The third-order valence-corrected chi connectivity index (χ3v) is 5.71. The summed E-state index contributed by atoms with van der Waals surface area (Å²) in [6.07, 6.45) is 19.3. The van der Waals surface area contributed by atoms with Crippen LogP contribution >= 0.6 is 0 Å². The van der Waals surface area contributed by atoms with Gasteiger partial charge in [-0.3, -0.25) is 0 Å². The molecular formula is C22H37As. The van der Waals surface area contributed by atoms with E-state index in [9.17, 15) is 0 Å². The van der Waals surface area contributed by atoms with E-state index in [1.165, 1.54) is 94.2 Å². The van der Waals surface area contributed by atoms with Gasteiger partial charge in [-0.1, -0.05) is 0 Å². The molecule has 0 nitrogen and oxygen atoms in total. The van der Waals surface area contributed by atoms with E-state index in [2.05, 4.69) is 48.9 Å². The molecule has 0 aliphatic rings. The first kappa shape index (κ1) is 20.8. The summed E-state index contributed by atoms with van der Waals surface area (Å²) in [7, 11) is 0. The maximum absolute atomic E-state index is 2.80. The van der Waals surface area contributed by atoms with Crippen molar-refractivity contribution in [1.29, 1.82) is 0 Å². The van der Waals surface area contributed by atoms with Crippen molar-refractivity contribution in [3.8, 4) is 0 Å². The second-order valence-corrected chi connectivity index (χ2v) is 7.96. The summed E-state index contributed by atoms with van der Waals surface area (Å²) in [4.78, 5) is 0. The van der Waals surface area contributed by atoms with Gasteiger partial charge in [0, 0.05) is 0 Å². The Labute approximate surface area is 154 Å². The van der Waals surface area contributed by atoms with Crippen LogP contribution in [0.15, 0.2) is 18.2 Å². The molecule has 23 heavy (non-hydrogen) atoms. The first-order valence-corrected chi connectivity index (χ1v) is 11.0. The molecule has 0 bridgehead atoms. The summed E-state index contributed by atoms with van der Waals surface area (Å²) in [6, 6.07) is 6.89. The van der Waals surface area contributed by atoms with Crippen LogP contribution in [0.1, 0.15) is 102 Å². The number of hydrogen-bond donors (Lipinski definition) is 0. The zero-order valence-electron chi connectivity index (χ0n) is 15.6. The van der Waals surface area contributed by atoms with Crippen LogP contribution in [0.4, 0.5) is 0 Å². The summed E-state index contributed by atoms with van der Waals surface area (Å²) >= 11 is 2.80. The Morgan fingerprint density at radius 1 is 0.652 bits per heavy atom. The molecule has 0 unspecified atom stereocenters. The standard InChI is InChI=1S/C22H37As/c1-3-5-7-9-11-13-16-20-17-15-19-22(23)21(20)18-14-12-10-8-6-4-2/h15,17,19H,3-14,16,18H2,1-2H3. The van der Waals surface area contributed by atoms with Gasteiger partial charge in [0.2, 0.25) is 0 Å². The van der Waals surface area contributed by atoms with Gasteiger partial charge in [-0.25, -0.2) is 0 Å².